The highest BCUT2D eigenvalue weighted by atomic mass is 16.5. The zero-order valence-electron chi connectivity index (χ0n) is 29.2. The van der Waals surface area contributed by atoms with E-state index in [1.807, 2.05) is 48.5 Å². The summed E-state index contributed by atoms with van der Waals surface area (Å²) in [6.07, 6.45) is 0. The first-order valence-electron chi connectivity index (χ1n) is 16.9. The average Bonchev–Trinajstić information content (AvgIpc) is 3.37. The number of hydrogen-bond donors (Lipinski definition) is 2. The second-order valence-corrected chi connectivity index (χ2v) is 15.1. The van der Waals surface area contributed by atoms with E-state index in [2.05, 4.69) is 126 Å². The molecule has 4 heteroatoms. The second kappa shape index (κ2) is 11.9. The predicted molar refractivity (Wildman–Crippen MR) is 203 cm³/mol. The van der Waals surface area contributed by atoms with Crippen LogP contribution in [0.2, 0.25) is 0 Å². The Balaban J connectivity index is 1.49. The van der Waals surface area contributed by atoms with E-state index in [9.17, 15) is 0 Å². The molecule has 0 atom stereocenters. The summed E-state index contributed by atoms with van der Waals surface area (Å²) in [5.41, 5.74) is 22.0. The van der Waals surface area contributed by atoms with Gasteiger partial charge in [-0.25, -0.2) is 0 Å². The molecule has 6 aromatic carbocycles. The van der Waals surface area contributed by atoms with E-state index in [4.69, 9.17) is 20.9 Å². The van der Waals surface area contributed by atoms with Crippen molar-refractivity contribution in [2.45, 2.75) is 57.8 Å². The molecule has 1 aliphatic carbocycles. The van der Waals surface area contributed by atoms with E-state index in [0.29, 0.717) is 11.4 Å². The van der Waals surface area contributed by atoms with Gasteiger partial charge in [0.2, 0.25) is 0 Å². The van der Waals surface area contributed by atoms with Crippen LogP contribution in [0, 0.1) is 0 Å². The highest BCUT2D eigenvalue weighted by molar-refractivity contribution is 5.86. The van der Waals surface area contributed by atoms with Crippen molar-refractivity contribution in [3.05, 3.63) is 167 Å². The molecular formula is C45H44N2O2. The topological polar surface area (TPSA) is 70.5 Å². The Hall–Kier alpha value is -5.48. The zero-order chi connectivity index (χ0) is 34.6. The summed E-state index contributed by atoms with van der Waals surface area (Å²) in [5.74, 6) is 3.17. The number of hydrogen-bond acceptors (Lipinski definition) is 4. The van der Waals surface area contributed by atoms with E-state index < -0.39 is 5.41 Å². The summed E-state index contributed by atoms with van der Waals surface area (Å²) in [5, 5.41) is 0. The van der Waals surface area contributed by atoms with Crippen molar-refractivity contribution >= 4 is 11.4 Å². The van der Waals surface area contributed by atoms with Gasteiger partial charge in [0.25, 0.3) is 0 Å². The summed E-state index contributed by atoms with van der Waals surface area (Å²) < 4.78 is 13.1. The summed E-state index contributed by atoms with van der Waals surface area (Å²) >= 11 is 0. The molecule has 0 amide bonds. The first-order valence-corrected chi connectivity index (χ1v) is 16.9. The largest absolute Gasteiger partial charge is 0.457 e. The minimum atomic E-state index is -0.591. The van der Waals surface area contributed by atoms with Crippen molar-refractivity contribution < 1.29 is 9.47 Å². The molecule has 49 heavy (non-hydrogen) atoms. The third-order valence-corrected chi connectivity index (χ3v) is 9.61. The fraction of sp³-hybridized carbons (Fsp3) is 0.200. The summed E-state index contributed by atoms with van der Waals surface area (Å²) in [7, 11) is 0. The van der Waals surface area contributed by atoms with Gasteiger partial charge in [0.05, 0.1) is 5.41 Å². The van der Waals surface area contributed by atoms with Gasteiger partial charge in [-0.1, -0.05) is 102 Å². The minimum Gasteiger partial charge on any atom is -0.457 e. The van der Waals surface area contributed by atoms with Gasteiger partial charge in [0, 0.05) is 22.5 Å². The van der Waals surface area contributed by atoms with Gasteiger partial charge in [0.1, 0.15) is 23.0 Å². The summed E-state index contributed by atoms with van der Waals surface area (Å²) in [6, 6.07) is 46.3. The third-order valence-electron chi connectivity index (χ3n) is 9.61. The molecule has 0 aromatic heterocycles. The molecule has 1 aliphatic rings. The number of benzene rings is 6. The SMILES string of the molecule is CC(C)(C)c1cc(C2(c3ccc(Oc4ccc(N)cc4)c(C(C)(C)C)c3)c3ccccc3-c3ccccc32)ccc1Oc1ccc(N)cc1. The second-order valence-electron chi connectivity index (χ2n) is 15.1. The maximum atomic E-state index is 6.55. The lowest BCUT2D eigenvalue weighted by molar-refractivity contribution is 0.454. The van der Waals surface area contributed by atoms with Crippen molar-refractivity contribution in [2.75, 3.05) is 11.5 Å². The standard InChI is InChI=1S/C45H44N2O2/c1-43(2,3)39-27-29(15-25-41(39)48-33-21-17-31(46)18-22-33)45(37-13-9-7-11-35(37)36-12-8-10-14-38(36)45)30-16-26-42(40(28-30)44(4,5)6)49-34-23-19-32(47)20-24-34/h7-28H,46-47H2,1-6H3. The molecule has 0 fully saturated rings. The molecule has 6 aromatic rings. The average molecular weight is 645 g/mol. The number of rotatable bonds is 6. The summed E-state index contributed by atoms with van der Waals surface area (Å²) in [4.78, 5) is 0. The smallest absolute Gasteiger partial charge is 0.131 e. The van der Waals surface area contributed by atoms with Crippen LogP contribution >= 0.6 is 0 Å². The van der Waals surface area contributed by atoms with Crippen molar-refractivity contribution in [3.8, 4) is 34.1 Å². The van der Waals surface area contributed by atoms with Gasteiger partial charge in [-0.05, 0) is 117 Å². The minimum absolute atomic E-state index is 0.203. The van der Waals surface area contributed by atoms with Crippen LogP contribution in [0.15, 0.2) is 133 Å². The first-order chi connectivity index (χ1) is 23.4. The molecule has 7 rings (SSSR count). The van der Waals surface area contributed by atoms with Crippen LogP contribution < -0.4 is 20.9 Å². The normalized spacial score (nSPS) is 13.4. The lowest BCUT2D eigenvalue weighted by Crippen LogP contribution is -2.30. The molecule has 4 N–H and O–H groups in total. The fourth-order valence-electron chi connectivity index (χ4n) is 7.23. The van der Waals surface area contributed by atoms with E-state index in [0.717, 1.165) is 34.1 Å². The molecule has 0 spiro atoms. The van der Waals surface area contributed by atoms with Crippen LogP contribution in [0.3, 0.4) is 0 Å². The van der Waals surface area contributed by atoms with Crippen molar-refractivity contribution in [2.24, 2.45) is 0 Å². The van der Waals surface area contributed by atoms with Crippen LogP contribution in [-0.4, -0.2) is 0 Å². The van der Waals surface area contributed by atoms with Gasteiger partial charge in [-0.2, -0.15) is 0 Å². The van der Waals surface area contributed by atoms with E-state index in [1.165, 1.54) is 33.4 Å². The monoisotopic (exact) mass is 644 g/mol. The van der Waals surface area contributed by atoms with Crippen LogP contribution in [-0.2, 0) is 16.2 Å². The fourth-order valence-corrected chi connectivity index (χ4v) is 7.23. The Morgan fingerprint density at radius 3 is 1.18 bits per heavy atom. The molecule has 0 unspecified atom stereocenters. The van der Waals surface area contributed by atoms with E-state index >= 15 is 0 Å². The molecule has 0 bridgehead atoms. The zero-order valence-corrected chi connectivity index (χ0v) is 29.2. The lowest BCUT2D eigenvalue weighted by atomic mass is 9.66. The number of anilines is 2. The molecule has 0 saturated heterocycles. The Kier molecular flexibility index (Phi) is 7.79. The highest BCUT2D eigenvalue weighted by Gasteiger charge is 2.47. The van der Waals surface area contributed by atoms with Crippen LogP contribution in [0.5, 0.6) is 23.0 Å². The summed E-state index contributed by atoms with van der Waals surface area (Å²) in [6.45, 7) is 13.5. The maximum absolute atomic E-state index is 6.55. The van der Waals surface area contributed by atoms with Crippen LogP contribution in [0.1, 0.15) is 74.9 Å². The van der Waals surface area contributed by atoms with Gasteiger partial charge < -0.3 is 20.9 Å². The van der Waals surface area contributed by atoms with Gasteiger partial charge >= 0.3 is 0 Å². The van der Waals surface area contributed by atoms with Crippen LogP contribution in [0.4, 0.5) is 11.4 Å². The Morgan fingerprint density at radius 1 is 0.449 bits per heavy atom. The number of nitrogen functional groups attached to an aromatic ring is 2. The Morgan fingerprint density at radius 2 is 0.816 bits per heavy atom. The first kappa shape index (κ1) is 32.1. The van der Waals surface area contributed by atoms with Gasteiger partial charge in [-0.3, -0.25) is 0 Å². The van der Waals surface area contributed by atoms with Gasteiger partial charge in [-0.15, -0.1) is 0 Å². The molecule has 0 aliphatic heterocycles. The molecule has 246 valence electrons. The molecule has 0 heterocycles. The van der Waals surface area contributed by atoms with E-state index in [1.54, 1.807) is 0 Å². The number of ether oxygens (including phenoxy) is 2. The molecule has 4 nitrogen and oxygen atoms in total. The lowest BCUT2D eigenvalue weighted by Gasteiger charge is -2.36. The molecular weight excluding hydrogens is 601 g/mol. The number of nitrogens with two attached hydrogens (primary N) is 2. The van der Waals surface area contributed by atoms with Crippen molar-refractivity contribution in [1.82, 2.24) is 0 Å². The highest BCUT2D eigenvalue weighted by Crippen LogP contribution is 2.57. The molecule has 0 saturated carbocycles. The van der Waals surface area contributed by atoms with E-state index in [-0.39, 0.29) is 10.8 Å². The third kappa shape index (κ3) is 5.72. The quantitative estimate of drug-likeness (QED) is 0.177. The van der Waals surface area contributed by atoms with Gasteiger partial charge in [0.15, 0.2) is 0 Å². The van der Waals surface area contributed by atoms with Crippen molar-refractivity contribution in [1.29, 1.82) is 0 Å². The van der Waals surface area contributed by atoms with Crippen molar-refractivity contribution in [3.63, 3.8) is 0 Å². The Labute approximate surface area is 290 Å². The molecule has 0 radical (unpaired) electrons. The predicted octanol–water partition coefficient (Wildman–Crippen LogP) is 11.4. The Bertz CT molecular complexity index is 1990. The number of fused-ring (bicyclic) bond motifs is 3. The maximum Gasteiger partial charge on any atom is 0.131 e. The van der Waals surface area contributed by atoms with Crippen LogP contribution in [0.25, 0.3) is 11.1 Å².